The van der Waals surface area contributed by atoms with Crippen LogP contribution in [0, 0.1) is 5.82 Å². The first kappa shape index (κ1) is 14.7. The molecule has 0 saturated heterocycles. The van der Waals surface area contributed by atoms with E-state index in [9.17, 15) is 14.0 Å². The van der Waals surface area contributed by atoms with Crippen molar-refractivity contribution in [3.63, 3.8) is 0 Å². The van der Waals surface area contributed by atoms with Gasteiger partial charge in [-0.15, -0.1) is 0 Å². The molecule has 104 valence electrons. The van der Waals surface area contributed by atoms with Crippen LogP contribution in [0.1, 0.15) is 17.3 Å². The lowest BCUT2D eigenvalue weighted by atomic mass is 10.1. The number of hydrogen-bond acceptors (Lipinski definition) is 4. The van der Waals surface area contributed by atoms with Crippen molar-refractivity contribution >= 4 is 11.9 Å². The van der Waals surface area contributed by atoms with E-state index in [1.807, 2.05) is 0 Å². The van der Waals surface area contributed by atoms with Crippen molar-refractivity contribution < 1.29 is 28.6 Å². The number of amides is 1. The second kappa shape index (κ2) is 6.03. The van der Waals surface area contributed by atoms with Gasteiger partial charge >= 0.3 is 5.97 Å². The predicted octanol–water partition coefficient (Wildman–Crippen LogP) is 1.05. The normalized spacial score (nSPS) is 11.6. The van der Waals surface area contributed by atoms with Gasteiger partial charge in [0.2, 0.25) is 0 Å². The van der Waals surface area contributed by atoms with E-state index in [0.29, 0.717) is 0 Å². The summed E-state index contributed by atoms with van der Waals surface area (Å²) < 4.78 is 23.6. The van der Waals surface area contributed by atoms with Crippen LogP contribution in [0.25, 0.3) is 0 Å². The fraction of sp³-hybridized carbons (Fsp3) is 0.333. The van der Waals surface area contributed by atoms with Gasteiger partial charge in [0, 0.05) is 0 Å². The molecule has 0 fully saturated rings. The third kappa shape index (κ3) is 3.12. The second-order valence-corrected chi connectivity index (χ2v) is 3.69. The summed E-state index contributed by atoms with van der Waals surface area (Å²) in [5.74, 6) is -2.85. The number of nitrogens with one attached hydrogen (secondary N) is 1. The van der Waals surface area contributed by atoms with Gasteiger partial charge in [-0.3, -0.25) is 9.59 Å². The topological polar surface area (TPSA) is 84.9 Å². The summed E-state index contributed by atoms with van der Waals surface area (Å²) in [7, 11) is 2.60. The maximum absolute atomic E-state index is 13.7. The fourth-order valence-corrected chi connectivity index (χ4v) is 1.45. The minimum atomic E-state index is -1.23. The Balaban J connectivity index is 3.18. The number of hydrogen-bond donors (Lipinski definition) is 2. The van der Waals surface area contributed by atoms with Gasteiger partial charge in [0.25, 0.3) is 5.91 Å². The molecular weight excluding hydrogens is 257 g/mol. The lowest BCUT2D eigenvalue weighted by Crippen LogP contribution is -2.38. The predicted molar refractivity (Wildman–Crippen MR) is 64.1 cm³/mol. The van der Waals surface area contributed by atoms with E-state index in [4.69, 9.17) is 14.6 Å². The van der Waals surface area contributed by atoms with Gasteiger partial charge in [-0.25, -0.2) is 4.39 Å². The maximum atomic E-state index is 13.7. The molecule has 0 unspecified atom stereocenters. The molecule has 0 saturated carbocycles. The summed E-state index contributed by atoms with van der Waals surface area (Å²) in [4.78, 5) is 22.5. The second-order valence-electron chi connectivity index (χ2n) is 3.69. The lowest BCUT2D eigenvalue weighted by Gasteiger charge is -2.14. The van der Waals surface area contributed by atoms with Gasteiger partial charge in [-0.05, 0) is 19.1 Å². The Labute approximate surface area is 109 Å². The number of aliphatic carboxylic acids is 1. The SMILES string of the molecule is COc1ccc(F)c(C(=O)N[C@@H](C)C(=O)O)c1OC. The van der Waals surface area contributed by atoms with Crippen LogP contribution in [-0.4, -0.2) is 37.2 Å². The molecule has 2 N–H and O–H groups in total. The summed E-state index contributed by atoms with van der Waals surface area (Å²) in [5.41, 5.74) is -0.394. The number of ether oxygens (including phenoxy) is 2. The Bertz CT molecular complexity index is 503. The standard InChI is InChI=1S/C12H14FNO5/c1-6(12(16)17)14-11(15)9-7(13)4-5-8(18-2)10(9)19-3/h4-6H,1-3H3,(H,14,15)(H,16,17)/t6-/m0/s1. The Morgan fingerprint density at radius 3 is 2.42 bits per heavy atom. The maximum Gasteiger partial charge on any atom is 0.325 e. The van der Waals surface area contributed by atoms with Crippen LogP contribution in [-0.2, 0) is 4.79 Å². The van der Waals surface area contributed by atoms with Crippen LogP contribution in [0.15, 0.2) is 12.1 Å². The van der Waals surface area contributed by atoms with Crippen molar-refractivity contribution in [1.29, 1.82) is 0 Å². The summed E-state index contributed by atoms with van der Waals surface area (Å²) in [6.45, 7) is 1.27. The third-order valence-electron chi connectivity index (χ3n) is 2.44. The highest BCUT2D eigenvalue weighted by atomic mass is 19.1. The molecule has 1 aromatic carbocycles. The molecule has 0 spiro atoms. The molecular formula is C12H14FNO5. The van der Waals surface area contributed by atoms with Gasteiger partial charge in [0.1, 0.15) is 17.4 Å². The Hall–Kier alpha value is -2.31. The smallest absolute Gasteiger partial charge is 0.325 e. The number of methoxy groups -OCH3 is 2. The molecule has 19 heavy (non-hydrogen) atoms. The summed E-state index contributed by atoms with van der Waals surface area (Å²) >= 11 is 0. The summed E-state index contributed by atoms with van der Waals surface area (Å²) in [5, 5.41) is 10.9. The number of rotatable bonds is 5. The Morgan fingerprint density at radius 2 is 1.95 bits per heavy atom. The monoisotopic (exact) mass is 271 g/mol. The van der Waals surface area contributed by atoms with Crippen molar-refractivity contribution in [3.05, 3.63) is 23.5 Å². The molecule has 1 rings (SSSR count). The molecule has 0 radical (unpaired) electrons. The van der Waals surface area contributed by atoms with Gasteiger partial charge in [0.05, 0.1) is 14.2 Å². The van der Waals surface area contributed by atoms with Crippen LogP contribution in [0.5, 0.6) is 11.5 Å². The first-order valence-electron chi connectivity index (χ1n) is 5.36. The highest BCUT2D eigenvalue weighted by Crippen LogP contribution is 2.32. The minimum Gasteiger partial charge on any atom is -0.493 e. The first-order valence-corrected chi connectivity index (χ1v) is 5.36. The van der Waals surface area contributed by atoms with Crippen LogP contribution in [0.3, 0.4) is 0 Å². The number of carboxylic acid groups (broad SMARTS) is 1. The molecule has 0 aliphatic heterocycles. The first-order chi connectivity index (χ1) is 8.92. The Morgan fingerprint density at radius 1 is 1.32 bits per heavy atom. The molecule has 0 aliphatic rings. The van der Waals surface area contributed by atoms with Gasteiger partial charge < -0.3 is 19.9 Å². The molecule has 1 aromatic rings. The largest absolute Gasteiger partial charge is 0.493 e. The zero-order valence-corrected chi connectivity index (χ0v) is 10.7. The van der Waals surface area contributed by atoms with E-state index >= 15 is 0 Å². The number of halogens is 1. The fourth-order valence-electron chi connectivity index (χ4n) is 1.45. The highest BCUT2D eigenvalue weighted by Gasteiger charge is 2.24. The average molecular weight is 271 g/mol. The number of carbonyl (C=O) groups is 2. The van der Waals surface area contributed by atoms with Crippen molar-refractivity contribution in [1.82, 2.24) is 5.32 Å². The molecule has 6 nitrogen and oxygen atoms in total. The molecule has 0 aliphatic carbocycles. The number of carboxylic acids is 1. The van der Waals surface area contributed by atoms with Gasteiger partial charge in [-0.2, -0.15) is 0 Å². The summed E-state index contributed by atoms with van der Waals surface area (Å²) in [6, 6.07) is 1.20. The van der Waals surface area contributed by atoms with E-state index in [1.165, 1.54) is 27.2 Å². The van der Waals surface area contributed by atoms with Crippen LogP contribution < -0.4 is 14.8 Å². The lowest BCUT2D eigenvalue weighted by molar-refractivity contribution is -0.138. The quantitative estimate of drug-likeness (QED) is 0.836. The van der Waals surface area contributed by atoms with E-state index in [1.54, 1.807) is 0 Å². The molecule has 1 amide bonds. The zero-order chi connectivity index (χ0) is 14.6. The van der Waals surface area contributed by atoms with Gasteiger partial charge in [-0.1, -0.05) is 0 Å². The van der Waals surface area contributed by atoms with E-state index in [-0.39, 0.29) is 11.5 Å². The van der Waals surface area contributed by atoms with Crippen molar-refractivity contribution in [2.45, 2.75) is 13.0 Å². The van der Waals surface area contributed by atoms with Crippen LogP contribution in [0.4, 0.5) is 4.39 Å². The highest BCUT2D eigenvalue weighted by molar-refractivity contribution is 5.99. The molecule has 0 bridgehead atoms. The van der Waals surface area contributed by atoms with E-state index in [0.717, 1.165) is 6.07 Å². The van der Waals surface area contributed by atoms with Gasteiger partial charge in [0.15, 0.2) is 11.5 Å². The number of carbonyl (C=O) groups excluding carboxylic acids is 1. The average Bonchev–Trinajstić information content (AvgIpc) is 2.37. The van der Waals surface area contributed by atoms with Crippen molar-refractivity contribution in [2.24, 2.45) is 0 Å². The molecule has 0 aromatic heterocycles. The van der Waals surface area contributed by atoms with Crippen LogP contribution in [0.2, 0.25) is 0 Å². The zero-order valence-electron chi connectivity index (χ0n) is 10.7. The molecule has 7 heteroatoms. The van der Waals surface area contributed by atoms with Crippen molar-refractivity contribution in [3.8, 4) is 11.5 Å². The minimum absolute atomic E-state index is 0.0856. The van der Waals surface area contributed by atoms with E-state index in [2.05, 4.69) is 5.32 Å². The van der Waals surface area contributed by atoms with Crippen LogP contribution >= 0.6 is 0 Å². The number of benzene rings is 1. The van der Waals surface area contributed by atoms with E-state index < -0.39 is 29.3 Å². The Kier molecular flexibility index (Phi) is 4.68. The molecule has 1 atom stereocenters. The molecule has 0 heterocycles. The summed E-state index contributed by atoms with van der Waals surface area (Å²) in [6.07, 6.45) is 0. The van der Waals surface area contributed by atoms with Crippen molar-refractivity contribution in [2.75, 3.05) is 14.2 Å². The third-order valence-corrected chi connectivity index (χ3v) is 2.44.